The Labute approximate surface area is 127 Å². The molecule has 0 saturated heterocycles. The summed E-state index contributed by atoms with van der Waals surface area (Å²) in [5.41, 5.74) is 10.3. The van der Waals surface area contributed by atoms with Gasteiger partial charge in [-0.2, -0.15) is 0 Å². The van der Waals surface area contributed by atoms with E-state index >= 15 is 0 Å². The van der Waals surface area contributed by atoms with Gasteiger partial charge in [-0.3, -0.25) is 14.9 Å². The number of hydrogen-bond donors (Lipinski definition) is 3. The monoisotopic (exact) mass is 316 g/mol. The molecule has 0 radical (unpaired) electrons. The summed E-state index contributed by atoms with van der Waals surface area (Å²) in [6.45, 7) is 0.714. The molecule has 0 bridgehead atoms. The Balaban J connectivity index is 0.00000400. The predicted molar refractivity (Wildman–Crippen MR) is 82.1 cm³/mol. The lowest BCUT2D eigenvalue weighted by Crippen LogP contribution is -2.13. The van der Waals surface area contributed by atoms with Crippen molar-refractivity contribution in [3.05, 3.63) is 40.0 Å². The van der Waals surface area contributed by atoms with E-state index < -0.39 is 10.8 Å². The number of halogens is 1. The zero-order valence-electron chi connectivity index (χ0n) is 11.4. The predicted octanol–water partition coefficient (Wildman–Crippen LogP) is 1.05. The van der Waals surface area contributed by atoms with Crippen molar-refractivity contribution in [2.24, 2.45) is 11.5 Å². The van der Waals surface area contributed by atoms with Crippen LogP contribution in [-0.4, -0.2) is 31.0 Å². The minimum atomic E-state index is -0.763. The summed E-state index contributed by atoms with van der Waals surface area (Å²) in [5.74, 6) is -0.588. The highest BCUT2D eigenvalue weighted by atomic mass is 35.5. The van der Waals surface area contributed by atoms with Crippen LogP contribution in [0.3, 0.4) is 0 Å². The van der Waals surface area contributed by atoms with Crippen molar-refractivity contribution in [3.8, 4) is 5.75 Å². The van der Waals surface area contributed by atoms with Crippen molar-refractivity contribution >= 4 is 29.7 Å². The first-order valence-corrected chi connectivity index (χ1v) is 5.76. The number of amides is 1. The third-order valence-corrected chi connectivity index (χ3v) is 2.48. The largest absolute Gasteiger partial charge is 0.494 e. The van der Waals surface area contributed by atoms with E-state index in [-0.39, 0.29) is 35.1 Å². The van der Waals surface area contributed by atoms with Crippen LogP contribution >= 0.6 is 12.4 Å². The van der Waals surface area contributed by atoms with Crippen molar-refractivity contribution in [1.29, 1.82) is 0 Å². The minimum absolute atomic E-state index is 0. The number of nitrogens with zero attached hydrogens (tertiary/aromatic N) is 1. The number of nitrogens with two attached hydrogens (primary N) is 2. The number of carbonyl (C=O) groups is 1. The van der Waals surface area contributed by atoms with Crippen LogP contribution in [0.5, 0.6) is 5.75 Å². The summed E-state index contributed by atoms with van der Waals surface area (Å²) in [6, 6.07) is 2.46. The van der Waals surface area contributed by atoms with Gasteiger partial charge in [0, 0.05) is 24.7 Å². The van der Waals surface area contributed by atoms with Crippen molar-refractivity contribution in [1.82, 2.24) is 0 Å². The molecule has 21 heavy (non-hydrogen) atoms. The van der Waals surface area contributed by atoms with Gasteiger partial charge in [-0.15, -0.1) is 12.4 Å². The number of hydrogen-bond acceptors (Lipinski definition) is 6. The summed E-state index contributed by atoms with van der Waals surface area (Å²) < 4.78 is 5.06. The van der Waals surface area contributed by atoms with Crippen molar-refractivity contribution in [2.45, 2.75) is 0 Å². The Morgan fingerprint density at radius 1 is 1.48 bits per heavy atom. The standard InChI is InChI=1S/C12H16N4O4.ClH/c1-20-10-7-8(12(14)17)6-9(16(18)19)11(10)15-5-3-2-4-13;/h2-3,6-7,15H,4-5,13H2,1H3,(H2,14,17);1H. The molecule has 1 amide bonds. The molecule has 0 unspecified atom stereocenters. The van der Waals surface area contributed by atoms with Gasteiger partial charge in [0.25, 0.3) is 5.69 Å². The zero-order valence-corrected chi connectivity index (χ0v) is 12.2. The summed E-state index contributed by atoms with van der Waals surface area (Å²) in [6.07, 6.45) is 3.44. The number of anilines is 1. The van der Waals surface area contributed by atoms with Crippen LogP contribution < -0.4 is 21.5 Å². The molecule has 0 aromatic heterocycles. The molecule has 0 fully saturated rings. The lowest BCUT2D eigenvalue weighted by atomic mass is 10.1. The smallest absolute Gasteiger partial charge is 0.296 e. The fraction of sp³-hybridized carbons (Fsp3) is 0.250. The first kappa shape index (κ1) is 18.7. The topological polar surface area (TPSA) is 134 Å². The molecule has 8 nitrogen and oxygen atoms in total. The van der Waals surface area contributed by atoms with Gasteiger partial charge in [-0.1, -0.05) is 12.2 Å². The van der Waals surface area contributed by atoms with Crippen LogP contribution in [0.4, 0.5) is 11.4 Å². The van der Waals surface area contributed by atoms with Crippen molar-refractivity contribution in [3.63, 3.8) is 0 Å². The van der Waals surface area contributed by atoms with Gasteiger partial charge in [0.15, 0.2) is 5.69 Å². The van der Waals surface area contributed by atoms with E-state index in [0.717, 1.165) is 6.07 Å². The average Bonchev–Trinajstić information content (AvgIpc) is 2.42. The average molecular weight is 317 g/mol. The quantitative estimate of drug-likeness (QED) is 0.391. The number of nitrogens with one attached hydrogen (secondary N) is 1. The van der Waals surface area contributed by atoms with Gasteiger partial charge in [0.2, 0.25) is 5.91 Å². The lowest BCUT2D eigenvalue weighted by molar-refractivity contribution is -0.384. The van der Waals surface area contributed by atoms with E-state index in [0.29, 0.717) is 13.1 Å². The summed E-state index contributed by atoms with van der Waals surface area (Å²) in [4.78, 5) is 21.6. The number of rotatable bonds is 7. The Bertz CT molecular complexity index is 548. The number of carbonyl (C=O) groups excluding carboxylic acids is 1. The van der Waals surface area contributed by atoms with Crippen LogP contribution in [0.15, 0.2) is 24.3 Å². The van der Waals surface area contributed by atoms with Crippen LogP contribution in [0.25, 0.3) is 0 Å². The number of nitro groups is 1. The maximum absolute atomic E-state index is 11.2. The molecule has 116 valence electrons. The summed E-state index contributed by atoms with van der Waals surface area (Å²) in [7, 11) is 1.35. The minimum Gasteiger partial charge on any atom is -0.494 e. The molecule has 0 heterocycles. The van der Waals surface area contributed by atoms with Gasteiger partial charge < -0.3 is 21.5 Å². The molecular formula is C12H17ClN4O4. The lowest BCUT2D eigenvalue weighted by Gasteiger charge is -2.11. The summed E-state index contributed by atoms with van der Waals surface area (Å²) in [5, 5.41) is 13.9. The van der Waals surface area contributed by atoms with Gasteiger partial charge in [0.05, 0.1) is 12.0 Å². The summed E-state index contributed by atoms with van der Waals surface area (Å²) >= 11 is 0. The van der Waals surface area contributed by atoms with E-state index in [4.69, 9.17) is 16.2 Å². The van der Waals surface area contributed by atoms with Crippen LogP contribution in [0.1, 0.15) is 10.4 Å². The third-order valence-electron chi connectivity index (χ3n) is 2.48. The number of benzene rings is 1. The first-order valence-electron chi connectivity index (χ1n) is 5.76. The highest BCUT2D eigenvalue weighted by Gasteiger charge is 2.21. The van der Waals surface area contributed by atoms with E-state index in [1.165, 1.54) is 13.2 Å². The third kappa shape index (κ3) is 4.93. The molecule has 0 aliphatic rings. The van der Waals surface area contributed by atoms with Gasteiger partial charge >= 0.3 is 0 Å². The molecule has 9 heteroatoms. The van der Waals surface area contributed by atoms with Crippen LogP contribution in [-0.2, 0) is 0 Å². The second-order valence-electron chi connectivity index (χ2n) is 3.78. The normalized spacial score (nSPS) is 10.0. The van der Waals surface area contributed by atoms with Crippen molar-refractivity contribution < 1.29 is 14.5 Å². The highest BCUT2D eigenvalue weighted by molar-refractivity contribution is 5.95. The fourth-order valence-corrected chi connectivity index (χ4v) is 1.57. The number of nitro benzene ring substituents is 1. The Kier molecular flexibility index (Phi) is 7.80. The second kappa shape index (κ2) is 8.77. The molecule has 0 atom stereocenters. The molecule has 0 aliphatic heterocycles. The SMILES string of the molecule is COc1cc(C(N)=O)cc([N+](=O)[O-])c1NCC=CCN.Cl. The molecular weight excluding hydrogens is 300 g/mol. The molecule has 0 aliphatic carbocycles. The van der Waals surface area contributed by atoms with Gasteiger partial charge in [0.1, 0.15) is 5.75 Å². The molecule has 1 rings (SSSR count). The first-order chi connectivity index (χ1) is 9.51. The maximum atomic E-state index is 11.2. The van der Waals surface area contributed by atoms with Crippen LogP contribution in [0, 0.1) is 10.1 Å². The molecule has 1 aromatic rings. The second-order valence-corrected chi connectivity index (χ2v) is 3.78. The molecule has 0 spiro atoms. The number of ether oxygens (including phenoxy) is 1. The molecule has 1 aromatic carbocycles. The number of methoxy groups -OCH3 is 1. The van der Waals surface area contributed by atoms with Crippen LogP contribution in [0.2, 0.25) is 0 Å². The van der Waals surface area contributed by atoms with E-state index in [2.05, 4.69) is 5.32 Å². The van der Waals surface area contributed by atoms with E-state index in [1.54, 1.807) is 12.2 Å². The number of primary amides is 1. The van der Waals surface area contributed by atoms with E-state index in [9.17, 15) is 14.9 Å². The Morgan fingerprint density at radius 2 is 2.14 bits per heavy atom. The Hall–Kier alpha value is -2.32. The van der Waals surface area contributed by atoms with Crippen molar-refractivity contribution in [2.75, 3.05) is 25.5 Å². The molecule has 0 saturated carbocycles. The fourth-order valence-electron chi connectivity index (χ4n) is 1.57. The highest BCUT2D eigenvalue weighted by Crippen LogP contribution is 2.35. The van der Waals surface area contributed by atoms with E-state index in [1.807, 2.05) is 0 Å². The maximum Gasteiger partial charge on any atom is 0.296 e. The zero-order chi connectivity index (χ0) is 15.1. The molecule has 5 N–H and O–H groups in total. The van der Waals surface area contributed by atoms with Gasteiger partial charge in [-0.25, -0.2) is 0 Å². The van der Waals surface area contributed by atoms with Gasteiger partial charge in [-0.05, 0) is 6.07 Å². The Morgan fingerprint density at radius 3 is 2.62 bits per heavy atom.